The summed E-state index contributed by atoms with van der Waals surface area (Å²) in [5.74, 6) is 0.751. The second kappa shape index (κ2) is 4.79. The lowest BCUT2D eigenvalue weighted by molar-refractivity contribution is 0.440. The first-order valence-corrected chi connectivity index (χ1v) is 6.01. The molecule has 1 aromatic rings. The Morgan fingerprint density at radius 2 is 2.07 bits per heavy atom. The fourth-order valence-electron chi connectivity index (χ4n) is 2.72. The molecule has 1 fully saturated rings. The molecule has 0 amide bonds. The zero-order chi connectivity index (χ0) is 10.7. The van der Waals surface area contributed by atoms with Gasteiger partial charge in [-0.05, 0) is 32.7 Å². The maximum atomic E-state index is 4.39. The SMILES string of the molecule is CNCc1n[nH]c(C)c1C1CCCCC1. The molecule has 0 aliphatic heterocycles. The van der Waals surface area contributed by atoms with Crippen LogP contribution in [-0.2, 0) is 6.54 Å². The van der Waals surface area contributed by atoms with Crippen molar-refractivity contribution >= 4 is 0 Å². The van der Waals surface area contributed by atoms with Crippen molar-refractivity contribution in [3.63, 3.8) is 0 Å². The maximum absolute atomic E-state index is 4.39. The van der Waals surface area contributed by atoms with Gasteiger partial charge in [-0.2, -0.15) is 5.10 Å². The lowest BCUT2D eigenvalue weighted by Crippen LogP contribution is -2.12. The Labute approximate surface area is 91.7 Å². The van der Waals surface area contributed by atoms with Crippen molar-refractivity contribution in [2.24, 2.45) is 0 Å². The predicted octanol–water partition coefficient (Wildman–Crippen LogP) is 2.49. The van der Waals surface area contributed by atoms with Crippen molar-refractivity contribution in [2.75, 3.05) is 7.05 Å². The number of hydrogen-bond acceptors (Lipinski definition) is 2. The summed E-state index contributed by atoms with van der Waals surface area (Å²) in [6, 6.07) is 0. The van der Waals surface area contributed by atoms with Gasteiger partial charge in [-0.3, -0.25) is 5.10 Å². The molecule has 0 bridgehead atoms. The Balaban J connectivity index is 2.19. The highest BCUT2D eigenvalue weighted by molar-refractivity contribution is 5.29. The van der Waals surface area contributed by atoms with Gasteiger partial charge in [0.05, 0.1) is 5.69 Å². The maximum Gasteiger partial charge on any atom is 0.0797 e. The largest absolute Gasteiger partial charge is 0.314 e. The van der Waals surface area contributed by atoms with Gasteiger partial charge >= 0.3 is 0 Å². The minimum Gasteiger partial charge on any atom is -0.314 e. The molecule has 0 saturated heterocycles. The minimum atomic E-state index is 0.751. The molecule has 0 atom stereocenters. The molecule has 1 saturated carbocycles. The zero-order valence-electron chi connectivity index (χ0n) is 9.77. The normalized spacial score (nSPS) is 18.3. The lowest BCUT2D eigenvalue weighted by Gasteiger charge is -2.22. The molecular formula is C12H21N3. The number of nitrogens with one attached hydrogen (secondary N) is 2. The highest BCUT2D eigenvalue weighted by Crippen LogP contribution is 2.35. The molecule has 1 heterocycles. The van der Waals surface area contributed by atoms with Crippen molar-refractivity contribution < 1.29 is 0 Å². The molecule has 84 valence electrons. The minimum absolute atomic E-state index is 0.751. The monoisotopic (exact) mass is 207 g/mol. The van der Waals surface area contributed by atoms with Crippen LogP contribution < -0.4 is 5.32 Å². The van der Waals surface area contributed by atoms with Crippen LogP contribution in [0.25, 0.3) is 0 Å². The van der Waals surface area contributed by atoms with E-state index in [0.29, 0.717) is 0 Å². The van der Waals surface area contributed by atoms with E-state index in [-0.39, 0.29) is 0 Å². The number of hydrogen-bond donors (Lipinski definition) is 2. The van der Waals surface area contributed by atoms with Gasteiger partial charge in [-0.25, -0.2) is 0 Å². The van der Waals surface area contributed by atoms with Gasteiger partial charge in [0.2, 0.25) is 0 Å². The summed E-state index contributed by atoms with van der Waals surface area (Å²) in [4.78, 5) is 0. The van der Waals surface area contributed by atoms with E-state index in [4.69, 9.17) is 0 Å². The summed E-state index contributed by atoms with van der Waals surface area (Å²) in [5, 5.41) is 10.7. The summed E-state index contributed by atoms with van der Waals surface area (Å²) >= 11 is 0. The first kappa shape index (κ1) is 10.7. The Morgan fingerprint density at radius 1 is 1.33 bits per heavy atom. The van der Waals surface area contributed by atoms with E-state index in [0.717, 1.165) is 12.5 Å². The highest BCUT2D eigenvalue weighted by Gasteiger charge is 2.21. The number of nitrogens with zero attached hydrogens (tertiary/aromatic N) is 1. The van der Waals surface area contributed by atoms with E-state index in [1.807, 2.05) is 7.05 Å². The summed E-state index contributed by atoms with van der Waals surface area (Å²) in [6.07, 6.45) is 6.87. The zero-order valence-corrected chi connectivity index (χ0v) is 9.77. The average Bonchev–Trinajstić information content (AvgIpc) is 2.62. The van der Waals surface area contributed by atoms with Crippen molar-refractivity contribution in [3.8, 4) is 0 Å². The van der Waals surface area contributed by atoms with Crippen LogP contribution >= 0.6 is 0 Å². The second-order valence-corrected chi connectivity index (χ2v) is 4.57. The summed E-state index contributed by atoms with van der Waals surface area (Å²) in [6.45, 7) is 3.03. The van der Waals surface area contributed by atoms with Crippen molar-refractivity contribution in [1.29, 1.82) is 0 Å². The number of rotatable bonds is 3. The fourth-order valence-corrected chi connectivity index (χ4v) is 2.72. The Morgan fingerprint density at radius 3 is 2.73 bits per heavy atom. The lowest BCUT2D eigenvalue weighted by atomic mass is 9.83. The molecule has 15 heavy (non-hydrogen) atoms. The Hall–Kier alpha value is -0.830. The van der Waals surface area contributed by atoms with Crippen molar-refractivity contribution in [1.82, 2.24) is 15.5 Å². The van der Waals surface area contributed by atoms with E-state index in [9.17, 15) is 0 Å². The molecule has 1 aromatic heterocycles. The quantitative estimate of drug-likeness (QED) is 0.799. The molecular weight excluding hydrogens is 186 g/mol. The smallest absolute Gasteiger partial charge is 0.0797 e. The molecule has 3 nitrogen and oxygen atoms in total. The standard InChI is InChI=1S/C12H21N3/c1-9-12(10-6-4-3-5-7-10)11(8-13-2)15-14-9/h10,13H,3-8H2,1-2H3,(H,14,15). The van der Waals surface area contributed by atoms with Crippen LogP contribution in [0.2, 0.25) is 0 Å². The molecule has 3 heteroatoms. The van der Waals surface area contributed by atoms with Crippen LogP contribution in [0.1, 0.15) is 55.0 Å². The molecule has 0 aromatic carbocycles. The third-order valence-corrected chi connectivity index (χ3v) is 3.43. The molecule has 2 N–H and O–H groups in total. The third kappa shape index (κ3) is 2.23. The third-order valence-electron chi connectivity index (χ3n) is 3.43. The predicted molar refractivity (Wildman–Crippen MR) is 61.9 cm³/mol. The van der Waals surface area contributed by atoms with Gasteiger partial charge in [-0.15, -0.1) is 0 Å². The van der Waals surface area contributed by atoms with E-state index in [1.165, 1.54) is 49.1 Å². The Kier molecular flexibility index (Phi) is 3.41. The summed E-state index contributed by atoms with van der Waals surface area (Å²) in [5.41, 5.74) is 3.98. The second-order valence-electron chi connectivity index (χ2n) is 4.57. The van der Waals surface area contributed by atoms with Crippen LogP contribution in [0.15, 0.2) is 0 Å². The molecule has 1 aliphatic carbocycles. The van der Waals surface area contributed by atoms with E-state index >= 15 is 0 Å². The van der Waals surface area contributed by atoms with Crippen LogP contribution in [0.3, 0.4) is 0 Å². The van der Waals surface area contributed by atoms with Crippen LogP contribution in [0.4, 0.5) is 0 Å². The number of aromatic amines is 1. The van der Waals surface area contributed by atoms with Gasteiger partial charge in [0, 0.05) is 17.8 Å². The van der Waals surface area contributed by atoms with Gasteiger partial charge in [0.25, 0.3) is 0 Å². The number of aromatic nitrogens is 2. The topological polar surface area (TPSA) is 40.7 Å². The molecule has 2 rings (SSSR count). The molecule has 0 radical (unpaired) electrons. The van der Waals surface area contributed by atoms with Crippen LogP contribution in [-0.4, -0.2) is 17.2 Å². The summed E-state index contributed by atoms with van der Waals surface area (Å²) in [7, 11) is 1.98. The first-order valence-electron chi connectivity index (χ1n) is 6.01. The molecule has 1 aliphatic rings. The van der Waals surface area contributed by atoms with Gasteiger partial charge < -0.3 is 5.32 Å². The van der Waals surface area contributed by atoms with Gasteiger partial charge in [0.15, 0.2) is 0 Å². The Bertz CT molecular complexity index is 311. The number of aryl methyl sites for hydroxylation is 1. The van der Waals surface area contributed by atoms with Crippen molar-refractivity contribution in [3.05, 3.63) is 17.0 Å². The van der Waals surface area contributed by atoms with Crippen LogP contribution in [0, 0.1) is 6.92 Å². The molecule has 0 spiro atoms. The van der Waals surface area contributed by atoms with Gasteiger partial charge in [0.1, 0.15) is 0 Å². The number of H-pyrrole nitrogens is 1. The van der Waals surface area contributed by atoms with E-state index in [1.54, 1.807) is 0 Å². The van der Waals surface area contributed by atoms with Crippen LogP contribution in [0.5, 0.6) is 0 Å². The average molecular weight is 207 g/mol. The fraction of sp³-hybridized carbons (Fsp3) is 0.750. The summed E-state index contributed by atoms with van der Waals surface area (Å²) < 4.78 is 0. The van der Waals surface area contributed by atoms with Crippen molar-refractivity contribution in [2.45, 2.75) is 51.5 Å². The van der Waals surface area contributed by atoms with Gasteiger partial charge in [-0.1, -0.05) is 19.3 Å². The first-order chi connectivity index (χ1) is 7.33. The van der Waals surface area contributed by atoms with E-state index in [2.05, 4.69) is 22.4 Å². The van der Waals surface area contributed by atoms with E-state index < -0.39 is 0 Å². The molecule has 0 unspecified atom stereocenters. The highest BCUT2D eigenvalue weighted by atomic mass is 15.1.